The number of aromatic nitrogens is 2. The third-order valence-corrected chi connectivity index (χ3v) is 6.63. The van der Waals surface area contributed by atoms with Gasteiger partial charge in [-0.05, 0) is 43.1 Å². The van der Waals surface area contributed by atoms with Crippen molar-refractivity contribution in [3.63, 3.8) is 0 Å². The number of benzene rings is 1. The summed E-state index contributed by atoms with van der Waals surface area (Å²) in [4.78, 5) is 26.7. The van der Waals surface area contributed by atoms with Crippen LogP contribution in [-0.4, -0.2) is 61.0 Å². The number of likely N-dealkylation sites (tertiary alicyclic amines) is 1. The number of ether oxygens (including phenoxy) is 3. The number of piperidine rings is 1. The molecule has 0 spiro atoms. The molecule has 2 heterocycles. The number of nitrogens with one attached hydrogen (secondary N) is 3. The molecule has 35 heavy (non-hydrogen) atoms. The fourth-order valence-corrected chi connectivity index (χ4v) is 4.36. The van der Waals surface area contributed by atoms with Crippen molar-refractivity contribution < 1.29 is 23.8 Å². The van der Waals surface area contributed by atoms with Crippen LogP contribution in [0.5, 0.6) is 11.5 Å². The van der Waals surface area contributed by atoms with Crippen molar-refractivity contribution in [3.05, 3.63) is 39.6 Å². The van der Waals surface area contributed by atoms with E-state index in [9.17, 15) is 9.59 Å². The molecule has 3 N–H and O–H groups in total. The van der Waals surface area contributed by atoms with Gasteiger partial charge in [0.2, 0.25) is 0 Å². The monoisotopic (exact) mass is 551 g/mol. The van der Waals surface area contributed by atoms with Crippen molar-refractivity contribution in [2.24, 2.45) is 5.92 Å². The highest BCUT2D eigenvalue weighted by atomic mass is 79.9. The number of carbonyl (C=O) groups excluding carboxylic acids is 2. The Bertz CT molecular complexity index is 1040. The van der Waals surface area contributed by atoms with Gasteiger partial charge in [0.25, 0.3) is 5.91 Å². The molecule has 10 nitrogen and oxygen atoms in total. The molecule has 1 aliphatic heterocycles. The lowest BCUT2D eigenvalue weighted by Crippen LogP contribution is -2.43. The number of hydrogen-bond donors (Lipinski definition) is 3. The zero-order valence-corrected chi connectivity index (χ0v) is 22.5. The predicted molar refractivity (Wildman–Crippen MR) is 134 cm³/mol. The van der Waals surface area contributed by atoms with Crippen LogP contribution in [-0.2, 0) is 16.7 Å². The van der Waals surface area contributed by atoms with Gasteiger partial charge in [-0.3, -0.25) is 20.2 Å². The number of rotatable bonds is 7. The summed E-state index contributed by atoms with van der Waals surface area (Å²) < 4.78 is 17.1. The number of hydrazine groups is 1. The van der Waals surface area contributed by atoms with Gasteiger partial charge in [-0.2, -0.15) is 5.10 Å². The Hall–Kier alpha value is -2.79. The zero-order valence-electron chi connectivity index (χ0n) is 20.9. The van der Waals surface area contributed by atoms with Crippen molar-refractivity contribution in [2.75, 3.05) is 33.9 Å². The molecule has 1 aromatic carbocycles. The molecule has 2 aromatic rings. The number of aromatic amines is 1. The Kier molecular flexibility index (Phi) is 9.01. The van der Waals surface area contributed by atoms with Gasteiger partial charge in [-0.25, -0.2) is 10.2 Å². The van der Waals surface area contributed by atoms with Crippen molar-refractivity contribution in [3.8, 4) is 11.5 Å². The van der Waals surface area contributed by atoms with Crippen molar-refractivity contribution in [1.82, 2.24) is 25.9 Å². The summed E-state index contributed by atoms with van der Waals surface area (Å²) in [6.07, 6.45) is 1.27. The van der Waals surface area contributed by atoms with Gasteiger partial charge >= 0.3 is 6.09 Å². The first kappa shape index (κ1) is 26.8. The maximum absolute atomic E-state index is 12.2. The second-order valence-corrected chi connectivity index (χ2v) is 10.5. The molecular weight excluding hydrogens is 518 g/mol. The highest BCUT2D eigenvalue weighted by Crippen LogP contribution is 2.34. The van der Waals surface area contributed by atoms with Crippen LogP contribution < -0.4 is 20.3 Å². The molecule has 0 aliphatic carbocycles. The van der Waals surface area contributed by atoms with E-state index in [1.807, 2.05) is 32.9 Å². The van der Waals surface area contributed by atoms with Crippen LogP contribution in [0.2, 0.25) is 0 Å². The number of halogens is 1. The first-order valence-corrected chi connectivity index (χ1v) is 12.3. The predicted octanol–water partition coefficient (Wildman–Crippen LogP) is 3.77. The molecule has 1 fully saturated rings. The minimum Gasteiger partial charge on any atom is -0.493 e. The summed E-state index contributed by atoms with van der Waals surface area (Å²) in [7, 11) is 3.23. The van der Waals surface area contributed by atoms with Gasteiger partial charge < -0.3 is 14.2 Å². The molecule has 1 saturated heterocycles. The summed E-state index contributed by atoms with van der Waals surface area (Å²) >= 11 is 3.62. The average molecular weight is 552 g/mol. The zero-order chi connectivity index (χ0) is 25.6. The molecular formula is C24H34BrN5O5. The second-order valence-electron chi connectivity index (χ2n) is 9.64. The first-order valence-electron chi connectivity index (χ1n) is 11.5. The number of methoxy groups -OCH3 is 2. The summed E-state index contributed by atoms with van der Waals surface area (Å²) in [5, 5.41) is 6.84. The molecule has 1 aromatic heterocycles. The van der Waals surface area contributed by atoms with Gasteiger partial charge in [0.1, 0.15) is 0 Å². The van der Waals surface area contributed by atoms with E-state index in [1.54, 1.807) is 20.3 Å². The number of H-pyrrole nitrogens is 1. The van der Waals surface area contributed by atoms with Gasteiger partial charge in [0, 0.05) is 34.6 Å². The lowest BCUT2D eigenvalue weighted by atomic mass is 9.92. The Morgan fingerprint density at radius 3 is 2.54 bits per heavy atom. The molecule has 192 valence electrons. The number of carbonyl (C=O) groups is 2. The van der Waals surface area contributed by atoms with Crippen LogP contribution in [0.25, 0.3) is 0 Å². The molecule has 3 rings (SSSR count). The molecule has 0 radical (unpaired) electrons. The highest BCUT2D eigenvalue weighted by molar-refractivity contribution is 9.10. The average Bonchev–Trinajstić information content (AvgIpc) is 3.34. The SMILES string of the molecule is COc1cc(Br)c(CN2CCCC(COC(=O)NNC(=O)c3cc(C(C)(C)C)[nH]n3)C2)cc1OC. The maximum atomic E-state index is 12.2. The third-order valence-electron chi connectivity index (χ3n) is 5.90. The van der Waals surface area contributed by atoms with E-state index in [0.717, 1.165) is 48.2 Å². The van der Waals surface area contributed by atoms with Gasteiger partial charge in [-0.15, -0.1) is 0 Å². The normalized spacial score (nSPS) is 16.5. The van der Waals surface area contributed by atoms with E-state index in [4.69, 9.17) is 14.2 Å². The van der Waals surface area contributed by atoms with E-state index >= 15 is 0 Å². The number of hydrogen-bond acceptors (Lipinski definition) is 7. The minimum atomic E-state index is -0.704. The fourth-order valence-electron chi connectivity index (χ4n) is 3.91. The van der Waals surface area contributed by atoms with E-state index in [2.05, 4.69) is 41.9 Å². The summed E-state index contributed by atoms with van der Waals surface area (Å²) in [5.74, 6) is 1.04. The Morgan fingerprint density at radius 2 is 1.89 bits per heavy atom. The van der Waals surface area contributed by atoms with Crippen molar-refractivity contribution in [2.45, 2.75) is 45.6 Å². The Morgan fingerprint density at radius 1 is 1.17 bits per heavy atom. The van der Waals surface area contributed by atoms with Crippen LogP contribution in [0.15, 0.2) is 22.7 Å². The molecule has 1 atom stereocenters. The van der Waals surface area contributed by atoms with Gasteiger partial charge in [0.05, 0.1) is 20.8 Å². The fraction of sp³-hybridized carbons (Fsp3) is 0.542. The summed E-state index contributed by atoms with van der Waals surface area (Å²) in [6.45, 7) is 8.79. The standard InChI is InChI=1S/C24H34BrN5O5/c1-24(2,3)21-11-18(26-27-21)22(31)28-29-23(32)35-14-15-7-6-8-30(12-15)13-16-9-19(33-4)20(34-5)10-17(16)25/h9-11,15H,6-8,12-14H2,1-5H3,(H,26,27)(H,28,31)(H,29,32). The maximum Gasteiger partial charge on any atom is 0.426 e. The van der Waals surface area contributed by atoms with Crippen molar-refractivity contribution >= 4 is 27.9 Å². The molecule has 0 bridgehead atoms. The number of amides is 2. The second kappa shape index (κ2) is 11.8. The molecule has 11 heteroatoms. The molecule has 0 saturated carbocycles. The highest BCUT2D eigenvalue weighted by Gasteiger charge is 2.23. The largest absolute Gasteiger partial charge is 0.493 e. The van der Waals surface area contributed by atoms with E-state index in [1.165, 1.54) is 0 Å². The lowest BCUT2D eigenvalue weighted by Gasteiger charge is -2.32. The Balaban J connectivity index is 1.45. The molecule has 1 unspecified atom stereocenters. The lowest BCUT2D eigenvalue weighted by molar-refractivity contribution is 0.0790. The Labute approximate surface area is 214 Å². The topological polar surface area (TPSA) is 118 Å². The van der Waals surface area contributed by atoms with Crippen LogP contribution in [0.4, 0.5) is 4.79 Å². The summed E-state index contributed by atoms with van der Waals surface area (Å²) in [6, 6.07) is 5.54. The first-order chi connectivity index (χ1) is 16.6. The van der Waals surface area contributed by atoms with Crippen molar-refractivity contribution in [1.29, 1.82) is 0 Å². The van der Waals surface area contributed by atoms with E-state index in [0.29, 0.717) is 11.5 Å². The minimum absolute atomic E-state index is 0.165. The van der Waals surface area contributed by atoms with Crippen LogP contribution in [0.3, 0.4) is 0 Å². The van der Waals surface area contributed by atoms with Gasteiger partial charge in [0.15, 0.2) is 17.2 Å². The molecule has 1 aliphatic rings. The van der Waals surface area contributed by atoms with Crippen LogP contribution in [0, 0.1) is 5.92 Å². The smallest absolute Gasteiger partial charge is 0.426 e. The van der Waals surface area contributed by atoms with E-state index < -0.39 is 12.0 Å². The quantitative estimate of drug-likeness (QED) is 0.448. The molecule has 2 amide bonds. The van der Waals surface area contributed by atoms with Gasteiger partial charge in [-0.1, -0.05) is 36.7 Å². The van der Waals surface area contributed by atoms with E-state index in [-0.39, 0.29) is 23.6 Å². The number of nitrogens with zero attached hydrogens (tertiary/aromatic N) is 2. The third kappa shape index (κ3) is 7.35. The summed E-state index contributed by atoms with van der Waals surface area (Å²) in [5.41, 5.74) is 6.58. The van der Waals surface area contributed by atoms with Crippen LogP contribution in [0.1, 0.15) is 55.4 Å². The van der Waals surface area contributed by atoms with Crippen LogP contribution >= 0.6 is 15.9 Å².